The summed E-state index contributed by atoms with van der Waals surface area (Å²) >= 11 is 4.55. The summed E-state index contributed by atoms with van der Waals surface area (Å²) < 4.78 is 40.3. The third-order valence-electron chi connectivity index (χ3n) is 6.35. The van der Waals surface area contributed by atoms with Crippen molar-refractivity contribution in [2.24, 2.45) is 4.99 Å². The number of pyridine rings is 1. The molecule has 2 aromatic carbocycles. The van der Waals surface area contributed by atoms with Gasteiger partial charge in [-0.25, -0.2) is 24.1 Å². The van der Waals surface area contributed by atoms with Gasteiger partial charge < -0.3 is 24.1 Å². The molecule has 2 heterocycles. The van der Waals surface area contributed by atoms with Crippen LogP contribution in [0.25, 0.3) is 21.9 Å². The molecule has 0 fully saturated rings. The molecule has 0 saturated heterocycles. The third-order valence-corrected chi connectivity index (χ3v) is 7.36. The van der Waals surface area contributed by atoms with Gasteiger partial charge in [-0.15, -0.1) is 0 Å². The molecular formula is C26H31N5O9P2S. The van der Waals surface area contributed by atoms with Crippen molar-refractivity contribution in [3.8, 4) is 11.5 Å². The number of anilines is 1. The van der Waals surface area contributed by atoms with Gasteiger partial charge in [-0.3, -0.25) is 19.6 Å². The fraction of sp³-hybridized carbons (Fsp3) is 0.346. The van der Waals surface area contributed by atoms with Crippen LogP contribution in [0, 0.1) is 0 Å². The van der Waals surface area contributed by atoms with Crippen LogP contribution in [0.4, 0.5) is 5.82 Å². The minimum Gasteiger partial charge on any atom is -0.404 e. The van der Waals surface area contributed by atoms with Crippen LogP contribution in [-0.2, 0) is 33.3 Å². The Hall–Kier alpha value is -3.22. The first kappa shape index (κ1) is 32.7. The molecule has 0 aliphatic carbocycles. The third kappa shape index (κ3) is 8.90. The van der Waals surface area contributed by atoms with Crippen molar-refractivity contribution < 1.29 is 42.5 Å². The first-order valence-corrected chi connectivity index (χ1v) is 16.7. The van der Waals surface area contributed by atoms with E-state index in [-0.39, 0.29) is 29.4 Å². The van der Waals surface area contributed by atoms with Crippen molar-refractivity contribution in [3.05, 3.63) is 53.3 Å². The van der Waals surface area contributed by atoms with E-state index in [0.29, 0.717) is 55.0 Å². The Bertz CT molecular complexity index is 1770. The number of aromatic nitrogens is 3. The van der Waals surface area contributed by atoms with Crippen LogP contribution < -0.4 is 14.8 Å². The number of phosphoric ester groups is 2. The minimum atomic E-state index is -4.98. The number of unbranched alkanes of at least 4 members (excludes halogenated alkanes) is 1. The van der Waals surface area contributed by atoms with Crippen LogP contribution in [0.1, 0.15) is 36.7 Å². The van der Waals surface area contributed by atoms with Crippen LogP contribution in [0.5, 0.6) is 11.5 Å². The molecule has 0 bridgehead atoms. The number of nitrogens with zero attached hydrogens (tertiary/aromatic N) is 4. The molecule has 0 saturated carbocycles. The van der Waals surface area contributed by atoms with Gasteiger partial charge in [0.25, 0.3) is 0 Å². The highest BCUT2D eigenvalue weighted by Gasteiger charge is 2.24. The topological polar surface area (TPSA) is 212 Å². The molecule has 0 aliphatic heterocycles. The molecule has 17 heteroatoms. The maximum Gasteiger partial charge on any atom is 0.524 e. The van der Waals surface area contributed by atoms with Crippen molar-refractivity contribution in [3.63, 3.8) is 0 Å². The number of fused-ring (bicyclic) bond motifs is 3. The molecule has 6 N–H and O–H groups in total. The molecule has 0 radical (unpaired) electrons. The van der Waals surface area contributed by atoms with E-state index in [1.807, 2.05) is 29.7 Å². The van der Waals surface area contributed by atoms with E-state index in [1.165, 1.54) is 12.1 Å². The lowest BCUT2D eigenvalue weighted by molar-refractivity contribution is 0.145. The van der Waals surface area contributed by atoms with Crippen molar-refractivity contribution in [2.75, 3.05) is 25.5 Å². The number of rotatable bonds is 15. The predicted octanol–water partition coefficient (Wildman–Crippen LogP) is 4.16. The van der Waals surface area contributed by atoms with Crippen LogP contribution in [0.3, 0.4) is 0 Å². The Labute approximate surface area is 252 Å². The molecule has 4 aromatic rings. The number of thiocarbonyl (C=S) groups is 1. The molecule has 0 unspecified atom stereocenters. The summed E-state index contributed by atoms with van der Waals surface area (Å²) in [7, 11) is -9.90. The Morgan fingerprint density at radius 1 is 1.02 bits per heavy atom. The predicted molar refractivity (Wildman–Crippen MR) is 163 cm³/mol. The largest absolute Gasteiger partial charge is 0.524 e. The highest BCUT2D eigenvalue weighted by atomic mass is 32.1. The number of aliphatic imine (C=N–C) groups is 1. The zero-order valence-electron chi connectivity index (χ0n) is 23.1. The van der Waals surface area contributed by atoms with Gasteiger partial charge in [-0.05, 0) is 54.9 Å². The zero-order valence-corrected chi connectivity index (χ0v) is 25.7. The lowest BCUT2D eigenvalue weighted by Gasteiger charge is -2.17. The van der Waals surface area contributed by atoms with Gasteiger partial charge in [-0.1, -0.05) is 25.5 Å². The summed E-state index contributed by atoms with van der Waals surface area (Å²) in [5.41, 5.74) is 9.23. The molecule has 43 heavy (non-hydrogen) atoms. The zero-order chi connectivity index (χ0) is 31.2. The number of aryl methyl sites for hydroxylation is 1. The van der Waals surface area contributed by atoms with E-state index in [9.17, 15) is 28.7 Å². The fourth-order valence-electron chi connectivity index (χ4n) is 4.56. The van der Waals surface area contributed by atoms with Gasteiger partial charge in [0.15, 0.2) is 5.82 Å². The number of imidazole rings is 1. The average Bonchev–Trinajstić information content (AvgIpc) is 3.28. The van der Waals surface area contributed by atoms with E-state index >= 15 is 0 Å². The normalized spacial score (nSPS) is 12.0. The second-order valence-corrected chi connectivity index (χ2v) is 12.0. The summed E-state index contributed by atoms with van der Waals surface area (Å²) in [5.74, 6) is 0.431. The average molecular weight is 652 g/mol. The van der Waals surface area contributed by atoms with Gasteiger partial charge in [0.1, 0.15) is 22.8 Å². The number of phosphoric acid groups is 2. The minimum absolute atomic E-state index is 0.0401. The Balaban J connectivity index is 1.81. The number of nitrogen functional groups attached to an aromatic ring is 1. The first-order valence-electron chi connectivity index (χ1n) is 13.2. The van der Waals surface area contributed by atoms with Crippen LogP contribution >= 0.6 is 27.9 Å². The van der Waals surface area contributed by atoms with Crippen LogP contribution in [0.2, 0.25) is 0 Å². The summed E-state index contributed by atoms with van der Waals surface area (Å²) in [6.07, 6.45) is 2.84. The van der Waals surface area contributed by atoms with Gasteiger partial charge in [0, 0.05) is 17.4 Å². The smallest absolute Gasteiger partial charge is 0.404 e. The van der Waals surface area contributed by atoms with Crippen molar-refractivity contribution in [2.45, 2.75) is 39.2 Å². The van der Waals surface area contributed by atoms with E-state index < -0.39 is 15.6 Å². The SMILES string of the molecule is CCCCc1nc2c(N)nc3cc(CCOCCN=C=S)ccc3c2n1Cc1cc(OP(=O)(O)O)ccc1OP(=O)(O)O. The molecule has 4 rings (SSSR count). The Kier molecular flexibility index (Phi) is 10.7. The Morgan fingerprint density at radius 3 is 2.49 bits per heavy atom. The monoisotopic (exact) mass is 651 g/mol. The number of isothiocyanates is 1. The lowest BCUT2D eigenvalue weighted by Crippen LogP contribution is -2.08. The van der Waals surface area contributed by atoms with Gasteiger partial charge in [0.2, 0.25) is 0 Å². The van der Waals surface area contributed by atoms with Crippen molar-refractivity contribution >= 4 is 60.8 Å². The van der Waals surface area contributed by atoms with Gasteiger partial charge in [-0.2, -0.15) is 0 Å². The molecule has 0 atom stereocenters. The standard InChI is InChI=1S/C26H31N5O9P2S/c1-2-3-4-23-30-24-25(20-7-5-17(13-21(20)29-26(24)27)9-11-38-12-10-28-16-43)31(23)15-18-14-19(39-41(32,33)34)6-8-22(18)40-42(35,36)37/h5-8,13-14H,2-4,9-12,15H2,1H3,(H2,27,29)(H2,32,33,34)(H2,35,36,37). The number of ether oxygens (including phenoxy) is 1. The quantitative estimate of drug-likeness (QED) is 0.0529. The van der Waals surface area contributed by atoms with Crippen molar-refractivity contribution in [1.82, 2.24) is 14.5 Å². The summed E-state index contributed by atoms with van der Waals surface area (Å²) in [4.78, 5) is 50.8. The molecule has 0 aliphatic rings. The van der Waals surface area contributed by atoms with Gasteiger partial charge >= 0.3 is 15.6 Å². The summed E-state index contributed by atoms with van der Waals surface area (Å²) in [5, 5.41) is 3.03. The lowest BCUT2D eigenvalue weighted by atomic mass is 10.1. The second-order valence-electron chi connectivity index (χ2n) is 9.53. The number of hydrogen-bond acceptors (Lipinski definition) is 10. The molecule has 0 spiro atoms. The molecule has 2 aromatic heterocycles. The summed E-state index contributed by atoms with van der Waals surface area (Å²) in [6.45, 7) is 3.32. The van der Waals surface area contributed by atoms with Crippen LogP contribution in [-0.4, -0.2) is 59.0 Å². The molecule has 14 nitrogen and oxygen atoms in total. The van der Waals surface area contributed by atoms with E-state index in [4.69, 9.17) is 24.5 Å². The summed E-state index contributed by atoms with van der Waals surface area (Å²) in [6, 6.07) is 9.32. The number of benzene rings is 2. The van der Waals surface area contributed by atoms with Crippen molar-refractivity contribution in [1.29, 1.82) is 0 Å². The first-order chi connectivity index (χ1) is 20.4. The number of hydrogen-bond donors (Lipinski definition) is 5. The molecular weight excluding hydrogens is 620 g/mol. The van der Waals surface area contributed by atoms with Gasteiger partial charge in [0.05, 0.1) is 42.5 Å². The Morgan fingerprint density at radius 2 is 1.79 bits per heavy atom. The highest BCUT2D eigenvalue weighted by molar-refractivity contribution is 7.78. The van der Waals surface area contributed by atoms with E-state index in [0.717, 1.165) is 29.9 Å². The highest BCUT2D eigenvalue weighted by Crippen LogP contribution is 2.43. The maximum absolute atomic E-state index is 11.7. The second kappa shape index (κ2) is 14.0. The van der Waals surface area contributed by atoms with Crippen LogP contribution in [0.15, 0.2) is 41.4 Å². The maximum atomic E-state index is 11.7. The molecule has 230 valence electrons. The molecule has 0 amide bonds. The fourth-order valence-corrected chi connectivity index (χ4v) is 5.48. The number of nitrogens with two attached hydrogens (primary N) is 1. The van der Waals surface area contributed by atoms with E-state index in [1.54, 1.807) is 0 Å². The van der Waals surface area contributed by atoms with E-state index in [2.05, 4.69) is 27.4 Å².